The summed E-state index contributed by atoms with van der Waals surface area (Å²) in [5.74, 6) is 12.0. The van der Waals surface area contributed by atoms with Crippen molar-refractivity contribution in [1.29, 1.82) is 0 Å². The number of nitrogens with zero attached hydrogens (tertiary/aromatic N) is 3. The fourth-order valence-corrected chi connectivity index (χ4v) is 4.66. The topological polar surface area (TPSA) is 142 Å². The van der Waals surface area contributed by atoms with Gasteiger partial charge < -0.3 is 10.9 Å². The van der Waals surface area contributed by atoms with Gasteiger partial charge in [0.25, 0.3) is 5.91 Å². The van der Waals surface area contributed by atoms with Crippen molar-refractivity contribution in [2.75, 3.05) is 9.91 Å². The third-order valence-electron chi connectivity index (χ3n) is 6.32. The summed E-state index contributed by atoms with van der Waals surface area (Å²) in [6.07, 6.45) is 1.26. The summed E-state index contributed by atoms with van der Waals surface area (Å²) in [5, 5.41) is 14.7. The Bertz CT molecular complexity index is 1410. The van der Waals surface area contributed by atoms with E-state index in [4.69, 9.17) is 11.7 Å². The summed E-state index contributed by atoms with van der Waals surface area (Å²) in [5.41, 5.74) is 0.748. The second-order valence-electron chi connectivity index (χ2n) is 8.30. The van der Waals surface area contributed by atoms with Crippen molar-refractivity contribution in [3.05, 3.63) is 95.1 Å². The lowest BCUT2D eigenvalue weighted by atomic mass is 9.83. The summed E-state index contributed by atoms with van der Waals surface area (Å²) < 4.78 is 0. The van der Waals surface area contributed by atoms with E-state index in [0.717, 1.165) is 10.6 Å². The number of aryl methyl sites for hydroxylation is 1. The van der Waals surface area contributed by atoms with Crippen molar-refractivity contribution in [3.63, 3.8) is 0 Å². The maximum absolute atomic E-state index is 14.7. The zero-order valence-electron chi connectivity index (χ0n) is 19.6. The molecule has 0 saturated carbocycles. The predicted molar refractivity (Wildman–Crippen MR) is 138 cm³/mol. The zero-order chi connectivity index (χ0) is 25.9. The number of rotatable bonds is 6. The van der Waals surface area contributed by atoms with Crippen LogP contribution in [0.3, 0.4) is 0 Å². The maximum atomic E-state index is 14.7. The molecule has 3 aromatic rings. The number of hydrazone groups is 1. The molecule has 0 fully saturated rings. The Balaban J connectivity index is 2.14. The number of carboxylic acid groups (broad SMARTS) is 1. The largest absolute Gasteiger partial charge is 0.481 e. The molecule has 182 valence electrons. The monoisotopic (exact) mass is 483 g/mol. The van der Waals surface area contributed by atoms with Crippen LogP contribution < -0.4 is 21.6 Å². The van der Waals surface area contributed by atoms with Gasteiger partial charge in [-0.2, -0.15) is 5.10 Å². The highest BCUT2D eigenvalue weighted by Crippen LogP contribution is 2.45. The SMILES string of the molecule is CCc1ccccc1N1C(=O)C(CC(=O)O)(c2cccc(C=NN)c2)N(N)c2ccccc2C1=C=O. The number of benzene rings is 3. The lowest BCUT2D eigenvalue weighted by Crippen LogP contribution is -2.60. The highest BCUT2D eigenvalue weighted by atomic mass is 16.4. The van der Waals surface area contributed by atoms with Gasteiger partial charge >= 0.3 is 5.97 Å². The molecule has 0 aromatic heterocycles. The van der Waals surface area contributed by atoms with Crippen LogP contribution in [0, 0.1) is 0 Å². The molecule has 1 atom stereocenters. The van der Waals surface area contributed by atoms with Crippen LogP contribution in [0.25, 0.3) is 5.70 Å². The van der Waals surface area contributed by atoms with Crippen LogP contribution in [0.2, 0.25) is 0 Å². The predicted octanol–water partition coefficient (Wildman–Crippen LogP) is 2.81. The maximum Gasteiger partial charge on any atom is 0.306 e. The van der Waals surface area contributed by atoms with Gasteiger partial charge in [-0.3, -0.25) is 19.5 Å². The molecular formula is C27H25N5O4. The Labute approximate surface area is 207 Å². The Morgan fingerprint density at radius 1 is 1.08 bits per heavy atom. The number of carbonyl (C=O) groups is 2. The highest BCUT2D eigenvalue weighted by molar-refractivity contribution is 6.20. The minimum atomic E-state index is -1.93. The number of amides is 1. The first-order chi connectivity index (χ1) is 17.4. The third-order valence-corrected chi connectivity index (χ3v) is 6.32. The van der Waals surface area contributed by atoms with Crippen molar-refractivity contribution >= 4 is 41.1 Å². The van der Waals surface area contributed by atoms with Crippen LogP contribution in [0.5, 0.6) is 0 Å². The second-order valence-corrected chi connectivity index (χ2v) is 8.30. The number of nitrogens with two attached hydrogens (primary N) is 2. The van der Waals surface area contributed by atoms with Gasteiger partial charge in [0.1, 0.15) is 5.70 Å². The van der Waals surface area contributed by atoms with Gasteiger partial charge in [0.2, 0.25) is 0 Å². The van der Waals surface area contributed by atoms with E-state index in [1.165, 1.54) is 11.1 Å². The van der Waals surface area contributed by atoms with E-state index in [1.807, 2.05) is 25.0 Å². The number of anilines is 2. The number of aliphatic carboxylic acids is 1. The molecule has 5 N–H and O–H groups in total. The number of fused-ring (bicyclic) bond motifs is 1. The second kappa shape index (κ2) is 9.87. The molecular weight excluding hydrogens is 458 g/mol. The molecule has 1 aliphatic heterocycles. The molecule has 9 heteroatoms. The highest BCUT2D eigenvalue weighted by Gasteiger charge is 2.53. The normalized spacial score (nSPS) is 17.6. The van der Waals surface area contributed by atoms with E-state index >= 15 is 0 Å². The molecule has 4 rings (SSSR count). The van der Waals surface area contributed by atoms with E-state index < -0.39 is 23.8 Å². The number of carbonyl (C=O) groups excluding carboxylic acids is 2. The van der Waals surface area contributed by atoms with Gasteiger partial charge in [0, 0.05) is 5.56 Å². The molecule has 0 aliphatic carbocycles. The lowest BCUT2D eigenvalue weighted by molar-refractivity contribution is -0.141. The van der Waals surface area contributed by atoms with Gasteiger partial charge in [0.05, 0.1) is 24.0 Å². The summed E-state index contributed by atoms with van der Waals surface area (Å²) in [7, 11) is 0. The number of hydrogen-bond donors (Lipinski definition) is 3. The third kappa shape index (κ3) is 3.92. The molecule has 1 amide bonds. The van der Waals surface area contributed by atoms with Crippen molar-refractivity contribution < 1.29 is 19.5 Å². The Hall–Kier alpha value is -4.72. The molecule has 3 aromatic carbocycles. The van der Waals surface area contributed by atoms with Crippen LogP contribution in [0.15, 0.2) is 77.9 Å². The smallest absolute Gasteiger partial charge is 0.306 e. The summed E-state index contributed by atoms with van der Waals surface area (Å²) in [6, 6.07) is 20.4. The van der Waals surface area contributed by atoms with Crippen molar-refractivity contribution in [3.8, 4) is 0 Å². The molecule has 0 bridgehead atoms. The summed E-state index contributed by atoms with van der Waals surface area (Å²) in [4.78, 5) is 40.7. The molecule has 0 radical (unpaired) electrons. The molecule has 1 heterocycles. The summed E-state index contributed by atoms with van der Waals surface area (Å²) >= 11 is 0. The van der Waals surface area contributed by atoms with E-state index in [9.17, 15) is 19.5 Å². The van der Waals surface area contributed by atoms with E-state index in [1.54, 1.807) is 60.7 Å². The quantitative estimate of drug-likeness (QED) is 0.212. The van der Waals surface area contributed by atoms with E-state index in [0.29, 0.717) is 34.5 Å². The lowest BCUT2D eigenvalue weighted by Gasteiger charge is -2.41. The number of hydrogen-bond acceptors (Lipinski definition) is 7. The number of para-hydroxylation sites is 2. The average Bonchev–Trinajstić information content (AvgIpc) is 2.96. The van der Waals surface area contributed by atoms with Crippen molar-refractivity contribution in [2.45, 2.75) is 25.3 Å². The molecule has 36 heavy (non-hydrogen) atoms. The fourth-order valence-electron chi connectivity index (χ4n) is 4.66. The minimum Gasteiger partial charge on any atom is -0.481 e. The zero-order valence-corrected chi connectivity index (χ0v) is 19.6. The van der Waals surface area contributed by atoms with E-state index in [-0.39, 0.29) is 5.70 Å². The van der Waals surface area contributed by atoms with Gasteiger partial charge in [-0.1, -0.05) is 55.5 Å². The van der Waals surface area contributed by atoms with Crippen molar-refractivity contribution in [1.82, 2.24) is 0 Å². The number of hydrazine groups is 1. The fraction of sp³-hybridized carbons (Fsp3) is 0.148. The van der Waals surface area contributed by atoms with Crippen LogP contribution in [0.4, 0.5) is 11.4 Å². The molecule has 9 nitrogen and oxygen atoms in total. The van der Waals surface area contributed by atoms with Gasteiger partial charge in [-0.05, 0) is 47.4 Å². The minimum absolute atomic E-state index is 0.0566. The molecule has 0 saturated heterocycles. The molecule has 1 aliphatic rings. The molecule has 1 unspecified atom stereocenters. The van der Waals surface area contributed by atoms with Gasteiger partial charge in [-0.25, -0.2) is 10.6 Å². The standard InChI is InChI=1S/C27H25N5O4/c1-2-19-9-3-5-12-22(19)31-24(17-33)21-11-4-6-13-23(21)32(29)27(26(31)36,15-25(34)35)20-10-7-8-18(14-20)16-30-28/h3-14,16H,2,15,28-29H2,1H3,(H,34,35). The van der Waals surface area contributed by atoms with Crippen LogP contribution in [-0.4, -0.2) is 29.1 Å². The van der Waals surface area contributed by atoms with Crippen molar-refractivity contribution in [2.24, 2.45) is 16.8 Å². The number of carboxylic acids is 1. The first-order valence-corrected chi connectivity index (χ1v) is 11.3. The van der Waals surface area contributed by atoms with Crippen LogP contribution in [0.1, 0.15) is 35.6 Å². The Morgan fingerprint density at radius 3 is 2.44 bits per heavy atom. The Morgan fingerprint density at radius 2 is 1.78 bits per heavy atom. The van der Waals surface area contributed by atoms with Gasteiger partial charge in [0.15, 0.2) is 11.5 Å². The average molecular weight is 484 g/mol. The Kier molecular flexibility index (Phi) is 6.69. The van der Waals surface area contributed by atoms with E-state index in [2.05, 4.69) is 5.10 Å². The van der Waals surface area contributed by atoms with Crippen LogP contribution in [-0.2, 0) is 26.3 Å². The first kappa shape index (κ1) is 24.4. The van der Waals surface area contributed by atoms with Crippen LogP contribution >= 0.6 is 0 Å². The first-order valence-electron chi connectivity index (χ1n) is 11.3. The molecule has 0 spiro atoms. The van der Waals surface area contributed by atoms with Gasteiger partial charge in [-0.15, -0.1) is 0 Å². The summed E-state index contributed by atoms with van der Waals surface area (Å²) in [6.45, 7) is 1.93.